The third-order valence-electron chi connectivity index (χ3n) is 9.55. The summed E-state index contributed by atoms with van der Waals surface area (Å²) < 4.78 is 31.1. The first-order valence-corrected chi connectivity index (χ1v) is 17.4. The molecule has 0 spiro atoms. The lowest BCUT2D eigenvalue weighted by Crippen LogP contribution is -2.59. The van der Waals surface area contributed by atoms with Gasteiger partial charge in [-0.15, -0.1) is 0 Å². The fraction of sp³-hybridized carbons (Fsp3) is 0.611. The lowest BCUT2D eigenvalue weighted by Gasteiger charge is -2.34. The molecule has 3 aliphatic heterocycles. The van der Waals surface area contributed by atoms with E-state index in [-0.39, 0.29) is 45.5 Å². The minimum absolute atomic E-state index is 0.00444. The second-order valence-corrected chi connectivity index (χ2v) is 14.4. The highest BCUT2D eigenvalue weighted by Gasteiger charge is 2.68. The molecule has 0 radical (unpaired) electrons. The molecule has 272 valence electrons. The van der Waals surface area contributed by atoms with E-state index >= 15 is 0 Å². The van der Waals surface area contributed by atoms with Gasteiger partial charge in [0.2, 0.25) is 11.8 Å². The molecule has 2 fully saturated rings. The second-order valence-electron chi connectivity index (χ2n) is 14.4. The molecule has 1 aromatic rings. The third kappa shape index (κ3) is 7.78. The Bertz CT molecular complexity index is 1560. The van der Waals surface area contributed by atoms with Gasteiger partial charge in [-0.3, -0.25) is 24.2 Å². The van der Waals surface area contributed by atoms with Crippen molar-refractivity contribution in [3.63, 3.8) is 0 Å². The Labute approximate surface area is 291 Å². The first-order chi connectivity index (χ1) is 23.7. The molecule has 1 saturated carbocycles. The van der Waals surface area contributed by atoms with Crippen LogP contribution in [0.5, 0.6) is 0 Å². The molecule has 4 aliphatic rings. The summed E-state index contributed by atoms with van der Waals surface area (Å²) in [4.78, 5) is 85.5. The second kappa shape index (κ2) is 14.8. The number of esters is 1. The summed E-state index contributed by atoms with van der Waals surface area (Å²) in [7, 11) is 0. The van der Waals surface area contributed by atoms with E-state index in [9.17, 15) is 33.2 Å². The highest BCUT2D eigenvalue weighted by molar-refractivity contribution is 6.05. The molecule has 1 aliphatic carbocycles. The number of amides is 5. The summed E-state index contributed by atoms with van der Waals surface area (Å²) in [5.41, 5.74) is -1.39. The molecule has 5 amide bonds. The minimum Gasteiger partial charge on any atom is -0.464 e. The van der Waals surface area contributed by atoms with E-state index in [1.807, 2.05) is 12.2 Å². The zero-order valence-electron chi connectivity index (χ0n) is 29.4. The fourth-order valence-corrected chi connectivity index (χ4v) is 7.17. The largest absolute Gasteiger partial charge is 0.464 e. The van der Waals surface area contributed by atoms with E-state index in [4.69, 9.17) is 14.2 Å². The minimum atomic E-state index is -1.58. The highest BCUT2D eigenvalue weighted by atomic mass is 19.1. The van der Waals surface area contributed by atoms with Gasteiger partial charge in [-0.25, -0.2) is 18.8 Å². The van der Waals surface area contributed by atoms with Gasteiger partial charge in [0.15, 0.2) is 5.54 Å². The number of hydrogen-bond donors (Lipinski definition) is 1. The predicted octanol–water partition coefficient (Wildman–Crippen LogP) is 4.36. The van der Waals surface area contributed by atoms with Crippen molar-refractivity contribution in [2.24, 2.45) is 5.92 Å². The topological polar surface area (TPSA) is 152 Å². The number of carbonyl (C=O) groups is 6. The van der Waals surface area contributed by atoms with Crippen LogP contribution in [0.2, 0.25) is 0 Å². The number of fused-ring (bicyclic) bond motifs is 3. The van der Waals surface area contributed by atoms with Crippen molar-refractivity contribution in [1.82, 2.24) is 20.0 Å². The van der Waals surface area contributed by atoms with E-state index in [2.05, 4.69) is 5.32 Å². The highest BCUT2D eigenvalue weighted by Crippen LogP contribution is 2.51. The van der Waals surface area contributed by atoms with Gasteiger partial charge in [0, 0.05) is 31.4 Å². The zero-order chi connectivity index (χ0) is 36.4. The van der Waals surface area contributed by atoms with E-state index in [0.29, 0.717) is 24.0 Å². The van der Waals surface area contributed by atoms with Crippen molar-refractivity contribution in [1.29, 1.82) is 0 Å². The number of halogens is 1. The van der Waals surface area contributed by atoms with Crippen LogP contribution in [0.25, 0.3) is 0 Å². The number of alkyl carbamates (subject to hydrolysis) is 1. The fourth-order valence-electron chi connectivity index (χ4n) is 7.17. The van der Waals surface area contributed by atoms with Gasteiger partial charge in [0.1, 0.15) is 29.6 Å². The summed E-state index contributed by atoms with van der Waals surface area (Å²) >= 11 is 0. The normalized spacial score (nSPS) is 27.6. The van der Waals surface area contributed by atoms with Crippen LogP contribution in [-0.4, -0.2) is 93.1 Å². The predicted molar refractivity (Wildman–Crippen MR) is 176 cm³/mol. The first kappa shape index (κ1) is 36.8. The van der Waals surface area contributed by atoms with Crippen molar-refractivity contribution in [2.75, 3.05) is 13.2 Å². The third-order valence-corrected chi connectivity index (χ3v) is 9.55. The first-order valence-electron chi connectivity index (χ1n) is 17.4. The number of hydrogen-bond acceptors (Lipinski definition) is 9. The molecule has 1 aromatic carbocycles. The van der Waals surface area contributed by atoms with Gasteiger partial charge in [-0.05, 0) is 65.0 Å². The van der Waals surface area contributed by atoms with Gasteiger partial charge in [0.25, 0.3) is 5.91 Å². The number of benzene rings is 1. The Kier molecular flexibility index (Phi) is 10.9. The summed E-state index contributed by atoms with van der Waals surface area (Å²) in [5.74, 6) is -3.75. The summed E-state index contributed by atoms with van der Waals surface area (Å²) in [6, 6.07) is 2.20. The quantitative estimate of drug-likeness (QED) is 0.275. The smallest absolute Gasteiger partial charge is 0.410 e. The van der Waals surface area contributed by atoms with E-state index in [0.717, 1.165) is 17.7 Å². The molecular weight excluding hydrogens is 651 g/mol. The number of imide groups is 1. The van der Waals surface area contributed by atoms with E-state index in [1.54, 1.807) is 39.8 Å². The standard InChI is InChI=1S/C36H47FN4O9/c1-6-48-32(45)36-18-24(36)14-10-8-7-9-11-16-28(38-33(46)50-35(3,4)5)30(43)40-20-25(17-29(40)31(44)41(36)22(2)42)49-34(47)39-19-23-13-12-15-27(37)26(23)21-39/h10,12-15,24-25,28-29H,6-9,11,16-21H2,1-5H3,(H,38,46)/b14-10-/t24-,25-,28+,29+,36-/m1/s1. The van der Waals surface area contributed by atoms with Crippen LogP contribution in [0.15, 0.2) is 30.4 Å². The SMILES string of the molecule is CCOC(=O)[C@@]12C[C@H]1/C=C\CCCCC[C@H](NC(=O)OC(C)(C)C)C(=O)N1C[C@H](OC(=O)N3Cc4cccc(F)c4C3)C[C@H]1C(=O)N2C(C)=O. The average Bonchev–Trinajstić information content (AvgIpc) is 3.35. The molecule has 5 rings (SSSR count). The lowest BCUT2D eigenvalue weighted by molar-refractivity contribution is -0.165. The molecule has 1 saturated heterocycles. The number of carbonyl (C=O) groups excluding carboxylic acids is 6. The molecule has 3 heterocycles. The Hall–Kier alpha value is -4.49. The lowest BCUT2D eigenvalue weighted by atomic mass is 10.0. The molecule has 50 heavy (non-hydrogen) atoms. The molecule has 5 atom stereocenters. The van der Waals surface area contributed by atoms with Crippen LogP contribution in [0.4, 0.5) is 14.0 Å². The van der Waals surface area contributed by atoms with E-state index in [1.165, 1.54) is 22.8 Å². The van der Waals surface area contributed by atoms with Crippen molar-refractivity contribution < 1.29 is 47.4 Å². The van der Waals surface area contributed by atoms with Crippen LogP contribution in [0, 0.1) is 11.7 Å². The monoisotopic (exact) mass is 698 g/mol. The Balaban J connectivity index is 1.47. The van der Waals surface area contributed by atoms with Gasteiger partial charge >= 0.3 is 18.2 Å². The van der Waals surface area contributed by atoms with Crippen LogP contribution < -0.4 is 5.32 Å². The van der Waals surface area contributed by atoms with Gasteiger partial charge in [-0.2, -0.15) is 0 Å². The number of rotatable bonds is 4. The molecule has 0 aromatic heterocycles. The number of nitrogens with zero attached hydrogens (tertiary/aromatic N) is 3. The van der Waals surface area contributed by atoms with Gasteiger partial charge < -0.3 is 24.4 Å². The maximum absolute atomic E-state index is 14.6. The molecule has 0 bridgehead atoms. The van der Waals surface area contributed by atoms with Crippen LogP contribution >= 0.6 is 0 Å². The van der Waals surface area contributed by atoms with E-state index < -0.39 is 76.9 Å². The van der Waals surface area contributed by atoms with Crippen LogP contribution in [0.3, 0.4) is 0 Å². The number of ether oxygens (including phenoxy) is 3. The summed E-state index contributed by atoms with van der Waals surface area (Å²) in [6.07, 6.45) is 4.21. The molecular formula is C36H47FN4O9. The maximum Gasteiger partial charge on any atom is 0.410 e. The molecule has 1 N–H and O–H groups in total. The molecule has 13 nitrogen and oxygen atoms in total. The van der Waals surface area contributed by atoms with Crippen LogP contribution in [0.1, 0.15) is 90.7 Å². The Morgan fingerprint density at radius 2 is 1.82 bits per heavy atom. The van der Waals surface area contributed by atoms with Crippen molar-refractivity contribution in [3.05, 3.63) is 47.3 Å². The van der Waals surface area contributed by atoms with Crippen molar-refractivity contribution >= 4 is 35.9 Å². The molecule has 0 unspecified atom stereocenters. The van der Waals surface area contributed by atoms with Gasteiger partial charge in [0.05, 0.1) is 19.7 Å². The number of allylic oxidation sites excluding steroid dienone is 1. The van der Waals surface area contributed by atoms with Crippen LogP contribution in [-0.2, 0) is 46.5 Å². The molecule has 14 heteroatoms. The van der Waals surface area contributed by atoms with Crippen molar-refractivity contribution in [2.45, 2.75) is 122 Å². The summed E-state index contributed by atoms with van der Waals surface area (Å²) in [6.45, 7) is 7.84. The average molecular weight is 699 g/mol. The van der Waals surface area contributed by atoms with Crippen molar-refractivity contribution in [3.8, 4) is 0 Å². The zero-order valence-corrected chi connectivity index (χ0v) is 29.4. The Morgan fingerprint density at radius 3 is 2.50 bits per heavy atom. The number of nitrogens with one attached hydrogen (secondary N) is 1. The Morgan fingerprint density at radius 1 is 1.06 bits per heavy atom. The summed E-state index contributed by atoms with van der Waals surface area (Å²) in [5, 5.41) is 2.67. The van der Waals surface area contributed by atoms with Gasteiger partial charge in [-0.1, -0.05) is 37.1 Å². The maximum atomic E-state index is 14.6.